The molecule has 8 heteroatoms. The van der Waals surface area contributed by atoms with E-state index in [4.69, 9.17) is 4.74 Å². The first-order valence-electron chi connectivity index (χ1n) is 6.25. The maximum absolute atomic E-state index is 12.2. The Kier molecular flexibility index (Phi) is 4.03. The predicted molar refractivity (Wildman–Crippen MR) is 83.7 cm³/mol. The van der Waals surface area contributed by atoms with E-state index in [0.29, 0.717) is 11.5 Å². The highest BCUT2D eigenvalue weighted by Crippen LogP contribution is 2.23. The van der Waals surface area contributed by atoms with Gasteiger partial charge in [-0.3, -0.25) is 4.72 Å². The molecule has 0 atom stereocenters. The summed E-state index contributed by atoms with van der Waals surface area (Å²) in [5.74, 6) is 1.24. The molecule has 2 aromatic carbocycles. The second-order valence-corrected chi connectivity index (χ2v) is 6.75. The molecule has 0 unspecified atom stereocenters. The summed E-state index contributed by atoms with van der Waals surface area (Å²) in [6, 6.07) is 15.4. The second kappa shape index (κ2) is 6.12. The molecule has 6 nitrogen and oxygen atoms in total. The Hall–Kier alpha value is -2.45. The third-order valence-corrected chi connectivity index (χ3v) is 4.79. The van der Waals surface area contributed by atoms with Crippen LogP contribution in [0.3, 0.4) is 0 Å². The maximum Gasteiger partial charge on any atom is 0.263 e. The van der Waals surface area contributed by atoms with Crippen molar-refractivity contribution in [3.63, 3.8) is 0 Å². The first-order chi connectivity index (χ1) is 10.6. The van der Waals surface area contributed by atoms with Crippen LogP contribution in [0.25, 0.3) is 0 Å². The van der Waals surface area contributed by atoms with Crippen molar-refractivity contribution in [1.82, 2.24) is 10.2 Å². The highest BCUT2D eigenvalue weighted by atomic mass is 32.2. The molecule has 0 amide bonds. The van der Waals surface area contributed by atoms with Gasteiger partial charge < -0.3 is 4.74 Å². The monoisotopic (exact) mass is 333 g/mol. The first kappa shape index (κ1) is 14.5. The summed E-state index contributed by atoms with van der Waals surface area (Å²) >= 11 is 1.11. The normalized spacial score (nSPS) is 11.1. The number of ether oxygens (including phenoxy) is 1. The van der Waals surface area contributed by atoms with Crippen molar-refractivity contribution in [1.29, 1.82) is 0 Å². The highest BCUT2D eigenvalue weighted by Gasteiger charge is 2.15. The molecule has 0 saturated carbocycles. The van der Waals surface area contributed by atoms with Gasteiger partial charge in [0.2, 0.25) is 5.13 Å². The molecule has 0 bridgehead atoms. The van der Waals surface area contributed by atoms with Crippen molar-refractivity contribution < 1.29 is 13.2 Å². The number of para-hydroxylation sites is 1. The highest BCUT2D eigenvalue weighted by molar-refractivity contribution is 7.93. The maximum atomic E-state index is 12.2. The lowest BCUT2D eigenvalue weighted by Crippen LogP contribution is -2.12. The van der Waals surface area contributed by atoms with Crippen molar-refractivity contribution in [3.8, 4) is 11.5 Å². The molecule has 1 N–H and O–H groups in total. The van der Waals surface area contributed by atoms with Crippen LogP contribution in [0.15, 0.2) is 65.0 Å². The Balaban J connectivity index is 1.76. The standard InChI is InChI=1S/C14H11N3O3S2/c18-22(19,17-14-16-15-10-21-14)13-8-6-12(7-9-13)20-11-4-2-1-3-5-11/h1-10H,(H,16,17). The predicted octanol–water partition coefficient (Wildman–Crippen LogP) is 3.13. The Bertz CT molecular complexity index is 833. The van der Waals surface area contributed by atoms with E-state index < -0.39 is 10.0 Å². The van der Waals surface area contributed by atoms with Crippen LogP contribution in [0.4, 0.5) is 5.13 Å². The molecule has 112 valence electrons. The van der Waals surface area contributed by atoms with Crippen LogP contribution >= 0.6 is 11.3 Å². The van der Waals surface area contributed by atoms with E-state index in [1.54, 1.807) is 12.1 Å². The van der Waals surface area contributed by atoms with E-state index in [1.807, 2.05) is 30.3 Å². The van der Waals surface area contributed by atoms with Gasteiger partial charge in [-0.1, -0.05) is 29.5 Å². The molecule has 3 aromatic rings. The molecule has 1 heterocycles. The van der Waals surface area contributed by atoms with Gasteiger partial charge in [-0.25, -0.2) is 8.42 Å². The smallest absolute Gasteiger partial charge is 0.263 e. The Morgan fingerprint density at radius 1 is 0.955 bits per heavy atom. The molecular formula is C14H11N3O3S2. The van der Waals surface area contributed by atoms with Gasteiger partial charge in [-0.15, -0.1) is 10.2 Å². The summed E-state index contributed by atoms with van der Waals surface area (Å²) < 4.78 is 32.3. The van der Waals surface area contributed by atoms with Crippen LogP contribution < -0.4 is 9.46 Å². The van der Waals surface area contributed by atoms with E-state index in [2.05, 4.69) is 14.9 Å². The van der Waals surface area contributed by atoms with Crippen LogP contribution in [0.5, 0.6) is 11.5 Å². The average molecular weight is 333 g/mol. The number of sulfonamides is 1. The number of rotatable bonds is 5. The Labute approximate surface area is 131 Å². The number of nitrogens with one attached hydrogen (secondary N) is 1. The van der Waals surface area contributed by atoms with Crippen molar-refractivity contribution in [2.24, 2.45) is 0 Å². The Morgan fingerprint density at radius 3 is 2.27 bits per heavy atom. The molecule has 22 heavy (non-hydrogen) atoms. The fourth-order valence-electron chi connectivity index (χ4n) is 1.70. The van der Waals surface area contributed by atoms with Gasteiger partial charge in [0.05, 0.1) is 4.90 Å². The van der Waals surface area contributed by atoms with Gasteiger partial charge in [0.15, 0.2) is 0 Å². The van der Waals surface area contributed by atoms with Crippen LogP contribution in [-0.2, 0) is 10.0 Å². The molecule has 3 rings (SSSR count). The Morgan fingerprint density at radius 2 is 1.64 bits per heavy atom. The van der Waals surface area contributed by atoms with E-state index in [9.17, 15) is 8.42 Å². The molecule has 0 spiro atoms. The van der Waals surface area contributed by atoms with Crippen LogP contribution in [0, 0.1) is 0 Å². The summed E-state index contributed by atoms with van der Waals surface area (Å²) in [7, 11) is -3.67. The number of nitrogens with zero attached hydrogens (tertiary/aromatic N) is 2. The molecule has 0 fully saturated rings. The molecule has 0 aliphatic heterocycles. The lowest BCUT2D eigenvalue weighted by molar-refractivity contribution is 0.482. The first-order valence-corrected chi connectivity index (χ1v) is 8.62. The minimum absolute atomic E-state index is 0.128. The van der Waals surface area contributed by atoms with E-state index in [-0.39, 0.29) is 10.0 Å². The average Bonchev–Trinajstić information content (AvgIpc) is 3.01. The second-order valence-electron chi connectivity index (χ2n) is 4.24. The van der Waals surface area contributed by atoms with Crippen LogP contribution in [0.1, 0.15) is 0 Å². The van der Waals surface area contributed by atoms with Crippen LogP contribution in [-0.4, -0.2) is 18.6 Å². The molecular weight excluding hydrogens is 322 g/mol. The number of hydrogen-bond acceptors (Lipinski definition) is 6. The molecule has 0 aliphatic carbocycles. The largest absolute Gasteiger partial charge is 0.457 e. The molecule has 0 saturated heterocycles. The van der Waals surface area contributed by atoms with Crippen LogP contribution in [0.2, 0.25) is 0 Å². The number of hydrogen-bond donors (Lipinski definition) is 1. The number of anilines is 1. The topological polar surface area (TPSA) is 81.2 Å². The van der Waals surface area contributed by atoms with Gasteiger partial charge in [0, 0.05) is 0 Å². The quantitative estimate of drug-likeness (QED) is 0.776. The third-order valence-electron chi connectivity index (χ3n) is 2.69. The number of aromatic nitrogens is 2. The van der Waals surface area contributed by atoms with E-state index >= 15 is 0 Å². The minimum Gasteiger partial charge on any atom is -0.457 e. The van der Waals surface area contributed by atoms with E-state index in [1.165, 1.54) is 17.6 Å². The van der Waals surface area contributed by atoms with Crippen molar-refractivity contribution >= 4 is 26.5 Å². The zero-order valence-corrected chi connectivity index (χ0v) is 12.8. The number of benzene rings is 2. The lowest BCUT2D eigenvalue weighted by Gasteiger charge is -2.07. The summed E-state index contributed by atoms with van der Waals surface area (Å²) in [4.78, 5) is 0.128. The van der Waals surface area contributed by atoms with Crippen molar-refractivity contribution in [2.45, 2.75) is 4.90 Å². The van der Waals surface area contributed by atoms with Crippen molar-refractivity contribution in [3.05, 3.63) is 60.1 Å². The fraction of sp³-hybridized carbons (Fsp3) is 0. The van der Waals surface area contributed by atoms with Gasteiger partial charge in [0.1, 0.15) is 17.0 Å². The minimum atomic E-state index is -3.67. The zero-order chi connectivity index (χ0) is 15.4. The summed E-state index contributed by atoms with van der Waals surface area (Å²) in [6.45, 7) is 0. The summed E-state index contributed by atoms with van der Waals surface area (Å²) in [5, 5.41) is 7.46. The van der Waals surface area contributed by atoms with E-state index in [0.717, 1.165) is 11.3 Å². The van der Waals surface area contributed by atoms with Gasteiger partial charge in [-0.05, 0) is 36.4 Å². The summed E-state index contributed by atoms with van der Waals surface area (Å²) in [5.41, 5.74) is 1.45. The van der Waals surface area contributed by atoms with Gasteiger partial charge in [0.25, 0.3) is 10.0 Å². The lowest BCUT2D eigenvalue weighted by atomic mass is 10.3. The van der Waals surface area contributed by atoms with Gasteiger partial charge >= 0.3 is 0 Å². The van der Waals surface area contributed by atoms with Crippen molar-refractivity contribution in [2.75, 3.05) is 4.72 Å². The zero-order valence-electron chi connectivity index (χ0n) is 11.2. The third kappa shape index (κ3) is 3.41. The summed E-state index contributed by atoms with van der Waals surface area (Å²) in [6.07, 6.45) is 0. The molecule has 0 aliphatic rings. The molecule has 1 aromatic heterocycles. The SMILES string of the molecule is O=S(=O)(Nc1nncs1)c1ccc(Oc2ccccc2)cc1. The molecule has 0 radical (unpaired) electrons. The van der Waals surface area contributed by atoms with Gasteiger partial charge in [-0.2, -0.15) is 0 Å². The fourth-order valence-corrected chi connectivity index (χ4v) is 3.40.